The number of aryl methyl sites for hydroxylation is 2. The molecule has 0 amide bonds. The molecule has 0 aromatic carbocycles. The summed E-state index contributed by atoms with van der Waals surface area (Å²) in [6.45, 7) is 6.61. The molecule has 0 saturated heterocycles. The summed E-state index contributed by atoms with van der Waals surface area (Å²) < 4.78 is 2.82. The molecule has 0 spiro atoms. The van der Waals surface area contributed by atoms with Crippen LogP contribution < -0.4 is 5.32 Å². The van der Waals surface area contributed by atoms with Crippen LogP contribution in [0.25, 0.3) is 0 Å². The molecule has 0 bridgehead atoms. The van der Waals surface area contributed by atoms with E-state index in [9.17, 15) is 4.79 Å². The Kier molecular flexibility index (Phi) is 4.68. The van der Waals surface area contributed by atoms with Crippen LogP contribution >= 0.6 is 15.9 Å². The molecule has 90 valence electrons. The SMILES string of the molecule is CCn1nc(C)c(Br)c1CC(=O)C(C)NC. The maximum atomic E-state index is 11.8. The van der Waals surface area contributed by atoms with Crippen LogP contribution in [-0.4, -0.2) is 28.7 Å². The molecule has 1 aromatic rings. The molecule has 5 heteroatoms. The van der Waals surface area contributed by atoms with Gasteiger partial charge in [-0.05, 0) is 43.7 Å². The van der Waals surface area contributed by atoms with Gasteiger partial charge >= 0.3 is 0 Å². The number of carbonyl (C=O) groups excluding carboxylic acids is 1. The summed E-state index contributed by atoms with van der Waals surface area (Å²) >= 11 is 3.49. The van der Waals surface area contributed by atoms with Gasteiger partial charge < -0.3 is 5.32 Å². The summed E-state index contributed by atoms with van der Waals surface area (Å²) in [6.07, 6.45) is 0.414. The molecule has 4 nitrogen and oxygen atoms in total. The lowest BCUT2D eigenvalue weighted by molar-refractivity contribution is -0.120. The second-order valence-corrected chi connectivity index (χ2v) is 4.61. The van der Waals surface area contributed by atoms with Crippen molar-refractivity contribution in [1.82, 2.24) is 15.1 Å². The standard InChI is InChI=1S/C11H18BrN3O/c1-5-15-9(11(12)8(3)14-15)6-10(16)7(2)13-4/h7,13H,5-6H2,1-4H3. The quantitative estimate of drug-likeness (QED) is 0.897. The topological polar surface area (TPSA) is 46.9 Å². The van der Waals surface area contributed by atoms with Crippen LogP contribution in [0.2, 0.25) is 0 Å². The van der Waals surface area contributed by atoms with E-state index in [0.717, 1.165) is 22.4 Å². The Morgan fingerprint density at radius 1 is 1.62 bits per heavy atom. The second kappa shape index (κ2) is 5.59. The summed E-state index contributed by atoms with van der Waals surface area (Å²) in [6, 6.07) is -0.118. The summed E-state index contributed by atoms with van der Waals surface area (Å²) in [4.78, 5) is 11.8. The Bertz CT molecular complexity index is 387. The first-order valence-corrected chi connectivity index (χ1v) is 6.22. The fraction of sp³-hybridized carbons (Fsp3) is 0.636. The highest BCUT2D eigenvalue weighted by molar-refractivity contribution is 9.10. The average Bonchev–Trinajstić information content (AvgIpc) is 2.55. The molecule has 1 unspecified atom stereocenters. The van der Waals surface area contributed by atoms with E-state index in [1.54, 1.807) is 7.05 Å². The van der Waals surface area contributed by atoms with Gasteiger partial charge in [-0.3, -0.25) is 9.48 Å². The van der Waals surface area contributed by atoms with Gasteiger partial charge in [0.1, 0.15) is 0 Å². The third kappa shape index (κ3) is 2.71. The third-order valence-corrected chi connectivity index (χ3v) is 3.74. The monoisotopic (exact) mass is 287 g/mol. The number of rotatable bonds is 5. The first-order valence-electron chi connectivity index (χ1n) is 5.43. The largest absolute Gasteiger partial charge is 0.311 e. The van der Waals surface area contributed by atoms with Crippen LogP contribution in [0.1, 0.15) is 25.2 Å². The number of hydrogen-bond donors (Lipinski definition) is 1. The Morgan fingerprint density at radius 3 is 2.75 bits per heavy atom. The Morgan fingerprint density at radius 2 is 2.25 bits per heavy atom. The van der Waals surface area contributed by atoms with Crippen molar-refractivity contribution in [3.63, 3.8) is 0 Å². The van der Waals surface area contributed by atoms with Gasteiger partial charge in [0, 0.05) is 6.54 Å². The lowest BCUT2D eigenvalue weighted by Gasteiger charge is -2.10. The molecule has 0 aliphatic rings. The fourth-order valence-corrected chi connectivity index (χ4v) is 1.94. The number of hydrogen-bond acceptors (Lipinski definition) is 3. The van der Waals surface area contributed by atoms with E-state index in [2.05, 4.69) is 26.3 Å². The molecule has 0 fully saturated rings. The van der Waals surface area contributed by atoms with Crippen molar-refractivity contribution >= 4 is 21.7 Å². The summed E-state index contributed by atoms with van der Waals surface area (Å²) in [5, 5.41) is 7.32. The normalized spacial score (nSPS) is 12.8. The minimum atomic E-state index is -0.118. The number of ketones is 1. The van der Waals surface area contributed by atoms with Crippen LogP contribution in [0, 0.1) is 6.92 Å². The highest BCUT2D eigenvalue weighted by Crippen LogP contribution is 2.21. The zero-order valence-electron chi connectivity index (χ0n) is 10.2. The van der Waals surface area contributed by atoms with Gasteiger partial charge in [-0.25, -0.2) is 0 Å². The first kappa shape index (κ1) is 13.4. The molecular formula is C11H18BrN3O. The smallest absolute Gasteiger partial charge is 0.155 e. The van der Waals surface area contributed by atoms with Crippen molar-refractivity contribution in [2.45, 2.75) is 39.8 Å². The second-order valence-electron chi connectivity index (χ2n) is 3.82. The van der Waals surface area contributed by atoms with Crippen molar-refractivity contribution in [3.05, 3.63) is 15.9 Å². The van der Waals surface area contributed by atoms with E-state index in [4.69, 9.17) is 0 Å². The number of carbonyl (C=O) groups is 1. The molecule has 1 N–H and O–H groups in total. The highest BCUT2D eigenvalue weighted by atomic mass is 79.9. The van der Waals surface area contributed by atoms with E-state index in [1.807, 2.05) is 25.5 Å². The summed E-state index contributed by atoms with van der Waals surface area (Å²) in [5.41, 5.74) is 1.90. The summed E-state index contributed by atoms with van der Waals surface area (Å²) in [5.74, 6) is 0.179. The maximum absolute atomic E-state index is 11.8. The molecule has 0 aliphatic carbocycles. The highest BCUT2D eigenvalue weighted by Gasteiger charge is 2.18. The zero-order valence-corrected chi connectivity index (χ0v) is 11.8. The van der Waals surface area contributed by atoms with Crippen molar-refractivity contribution in [2.75, 3.05) is 7.05 Å². The van der Waals surface area contributed by atoms with Crippen LogP contribution in [-0.2, 0) is 17.8 Å². The number of Topliss-reactive ketones (excluding diaryl/α,β-unsaturated/α-hetero) is 1. The Hall–Kier alpha value is -0.680. The van der Waals surface area contributed by atoms with Gasteiger partial charge in [0.15, 0.2) is 5.78 Å². The number of nitrogens with zero attached hydrogens (tertiary/aromatic N) is 2. The lowest BCUT2D eigenvalue weighted by atomic mass is 10.1. The van der Waals surface area contributed by atoms with Crippen molar-refractivity contribution < 1.29 is 4.79 Å². The fourth-order valence-electron chi connectivity index (χ4n) is 1.52. The van der Waals surface area contributed by atoms with E-state index >= 15 is 0 Å². The maximum Gasteiger partial charge on any atom is 0.155 e. The Balaban J connectivity index is 2.92. The molecule has 0 radical (unpaired) electrons. The molecule has 16 heavy (non-hydrogen) atoms. The molecule has 0 aliphatic heterocycles. The zero-order chi connectivity index (χ0) is 12.3. The first-order chi connectivity index (χ1) is 7.51. The Labute approximate surface area is 105 Å². The van der Waals surface area contributed by atoms with E-state index in [0.29, 0.717) is 6.42 Å². The van der Waals surface area contributed by atoms with E-state index in [1.165, 1.54) is 0 Å². The van der Waals surface area contributed by atoms with E-state index < -0.39 is 0 Å². The van der Waals surface area contributed by atoms with Gasteiger partial charge in [-0.1, -0.05) is 0 Å². The van der Waals surface area contributed by atoms with Crippen LogP contribution in [0.5, 0.6) is 0 Å². The predicted molar refractivity (Wildman–Crippen MR) is 67.6 cm³/mol. The minimum absolute atomic E-state index is 0.118. The van der Waals surface area contributed by atoms with Gasteiger partial charge in [0.05, 0.1) is 28.3 Å². The molecule has 1 heterocycles. The van der Waals surface area contributed by atoms with Crippen molar-refractivity contribution in [2.24, 2.45) is 0 Å². The predicted octanol–water partition coefficient (Wildman–Crippen LogP) is 1.69. The number of likely N-dealkylation sites (N-methyl/N-ethyl adjacent to an activating group) is 1. The van der Waals surface area contributed by atoms with Crippen LogP contribution in [0.3, 0.4) is 0 Å². The van der Waals surface area contributed by atoms with Gasteiger partial charge in [0.2, 0.25) is 0 Å². The number of halogens is 1. The number of nitrogens with one attached hydrogen (secondary N) is 1. The molecule has 1 atom stereocenters. The van der Waals surface area contributed by atoms with Crippen molar-refractivity contribution in [1.29, 1.82) is 0 Å². The summed E-state index contributed by atoms with van der Waals surface area (Å²) in [7, 11) is 1.79. The van der Waals surface area contributed by atoms with Gasteiger partial charge in [-0.2, -0.15) is 5.10 Å². The molecule has 1 rings (SSSR count). The van der Waals surface area contributed by atoms with Gasteiger partial charge in [0.25, 0.3) is 0 Å². The molecular weight excluding hydrogens is 270 g/mol. The molecule has 1 aromatic heterocycles. The van der Waals surface area contributed by atoms with Crippen LogP contribution in [0.4, 0.5) is 0 Å². The van der Waals surface area contributed by atoms with E-state index in [-0.39, 0.29) is 11.8 Å². The average molecular weight is 288 g/mol. The molecule has 0 saturated carbocycles. The lowest BCUT2D eigenvalue weighted by Crippen LogP contribution is -2.32. The number of aromatic nitrogens is 2. The van der Waals surface area contributed by atoms with Crippen LogP contribution in [0.15, 0.2) is 4.47 Å². The third-order valence-electron chi connectivity index (χ3n) is 2.71. The van der Waals surface area contributed by atoms with Crippen molar-refractivity contribution in [3.8, 4) is 0 Å². The van der Waals surface area contributed by atoms with Gasteiger partial charge in [-0.15, -0.1) is 0 Å². The minimum Gasteiger partial charge on any atom is -0.311 e.